The van der Waals surface area contributed by atoms with Crippen LogP contribution in [0.2, 0.25) is 0 Å². The maximum absolute atomic E-state index is 13.1. The Morgan fingerprint density at radius 1 is 1.36 bits per heavy atom. The van der Waals surface area contributed by atoms with Crippen LogP contribution in [-0.2, 0) is 16.2 Å². The fourth-order valence-corrected chi connectivity index (χ4v) is 4.53. The summed E-state index contributed by atoms with van der Waals surface area (Å²) in [6.45, 7) is 0.505. The van der Waals surface area contributed by atoms with Crippen LogP contribution >= 0.6 is 0 Å². The average Bonchev–Trinajstić information content (AvgIpc) is 2.87. The minimum atomic E-state index is -4.94. The number of hydrogen-bond donors (Lipinski definition) is 1. The van der Waals surface area contributed by atoms with E-state index in [1.54, 1.807) is 7.05 Å². The summed E-state index contributed by atoms with van der Waals surface area (Å²) in [4.78, 5) is -0.899. The van der Waals surface area contributed by atoms with Crippen LogP contribution < -0.4 is 5.32 Å². The van der Waals surface area contributed by atoms with E-state index in [-0.39, 0.29) is 12.6 Å². The van der Waals surface area contributed by atoms with Gasteiger partial charge in [-0.1, -0.05) is 0 Å². The molecule has 22 heavy (non-hydrogen) atoms. The van der Waals surface area contributed by atoms with Gasteiger partial charge in [0.1, 0.15) is 5.82 Å². The summed E-state index contributed by atoms with van der Waals surface area (Å²) in [6, 6.07) is 1.23. The Morgan fingerprint density at radius 2 is 2.05 bits per heavy atom. The number of halogens is 4. The Morgan fingerprint density at radius 3 is 2.64 bits per heavy atom. The van der Waals surface area contributed by atoms with Crippen LogP contribution in [0.3, 0.4) is 0 Å². The number of hydrogen-bond acceptors (Lipinski definition) is 3. The van der Waals surface area contributed by atoms with Gasteiger partial charge in [0.2, 0.25) is 10.0 Å². The lowest BCUT2D eigenvalue weighted by atomic mass is 10.2. The number of nitrogens with one attached hydrogen (secondary N) is 1. The number of likely N-dealkylation sites (N-methyl/N-ethyl adjacent to an activating group) is 1. The van der Waals surface area contributed by atoms with E-state index in [1.165, 1.54) is 0 Å². The predicted octanol–water partition coefficient (Wildman–Crippen LogP) is 2.22. The third kappa shape index (κ3) is 3.26. The van der Waals surface area contributed by atoms with Gasteiger partial charge < -0.3 is 5.32 Å². The summed E-state index contributed by atoms with van der Waals surface area (Å²) in [5, 5.41) is 2.83. The highest BCUT2D eigenvalue weighted by atomic mass is 32.2. The zero-order chi connectivity index (χ0) is 16.5. The molecule has 1 fully saturated rings. The molecule has 1 N–H and O–H groups in total. The lowest BCUT2D eigenvalue weighted by molar-refractivity contribution is -0.140. The summed E-state index contributed by atoms with van der Waals surface area (Å²) in [5.74, 6) is -1.13. The Bertz CT molecular complexity index is 646. The molecule has 0 spiro atoms. The molecule has 0 aliphatic carbocycles. The minimum Gasteiger partial charge on any atom is -0.318 e. The summed E-state index contributed by atoms with van der Waals surface area (Å²) in [6.07, 6.45) is -3.79. The molecule has 0 bridgehead atoms. The number of rotatable bonds is 4. The van der Waals surface area contributed by atoms with E-state index < -0.39 is 38.5 Å². The van der Waals surface area contributed by atoms with Gasteiger partial charge in [0.15, 0.2) is 0 Å². The van der Waals surface area contributed by atoms with Crippen LogP contribution in [-0.4, -0.2) is 38.9 Å². The van der Waals surface area contributed by atoms with Crippen LogP contribution in [0.25, 0.3) is 0 Å². The molecule has 9 heteroatoms. The fourth-order valence-electron chi connectivity index (χ4n) is 2.64. The molecule has 0 unspecified atom stereocenters. The molecule has 0 aromatic heterocycles. The number of benzene rings is 1. The standard InChI is InChI=1S/C13H16F4N2O2S/c1-18-8-10-3-2-6-19(10)22(20,21)12-5-4-9(14)7-11(12)13(15,16)17/h4-5,7,10,18H,2-3,6,8H2,1H3/t10-/m0/s1. The van der Waals surface area contributed by atoms with E-state index in [4.69, 9.17) is 0 Å². The van der Waals surface area contributed by atoms with Crippen molar-refractivity contribution in [1.82, 2.24) is 9.62 Å². The van der Waals surface area contributed by atoms with Crippen molar-refractivity contribution in [3.63, 3.8) is 0 Å². The van der Waals surface area contributed by atoms with E-state index in [9.17, 15) is 26.0 Å². The third-order valence-corrected chi connectivity index (χ3v) is 5.61. The molecule has 0 radical (unpaired) electrons. The molecule has 1 aliphatic rings. The first kappa shape index (κ1) is 17.2. The van der Waals surface area contributed by atoms with Gasteiger partial charge in [-0.3, -0.25) is 0 Å². The second-order valence-corrected chi connectivity index (χ2v) is 6.97. The minimum absolute atomic E-state index is 0.156. The highest BCUT2D eigenvalue weighted by Gasteiger charge is 2.42. The average molecular weight is 340 g/mol. The van der Waals surface area contributed by atoms with E-state index in [0.717, 1.165) is 10.4 Å². The fraction of sp³-hybridized carbons (Fsp3) is 0.538. The molecule has 1 aromatic carbocycles. The molecule has 124 valence electrons. The van der Waals surface area contributed by atoms with Crippen molar-refractivity contribution < 1.29 is 26.0 Å². The Labute approximate surface area is 126 Å². The van der Waals surface area contributed by atoms with Gasteiger partial charge in [0.25, 0.3) is 0 Å². The second kappa shape index (κ2) is 6.13. The van der Waals surface area contributed by atoms with Crippen molar-refractivity contribution in [3.05, 3.63) is 29.6 Å². The van der Waals surface area contributed by atoms with Crippen molar-refractivity contribution in [1.29, 1.82) is 0 Å². The predicted molar refractivity (Wildman–Crippen MR) is 72.2 cm³/mol. The first-order valence-corrected chi connectivity index (χ1v) is 8.15. The van der Waals surface area contributed by atoms with Crippen LogP contribution in [0.15, 0.2) is 23.1 Å². The molecule has 2 rings (SSSR count). The molecule has 0 amide bonds. The van der Waals surface area contributed by atoms with Gasteiger partial charge in [-0.2, -0.15) is 17.5 Å². The van der Waals surface area contributed by atoms with E-state index >= 15 is 0 Å². The lowest BCUT2D eigenvalue weighted by Crippen LogP contribution is -2.41. The zero-order valence-electron chi connectivity index (χ0n) is 11.8. The first-order chi connectivity index (χ1) is 10.2. The largest absolute Gasteiger partial charge is 0.417 e. The van der Waals surface area contributed by atoms with Gasteiger partial charge in [0.05, 0.1) is 10.5 Å². The topological polar surface area (TPSA) is 49.4 Å². The summed E-state index contributed by atoms with van der Waals surface area (Å²) < 4.78 is 78.4. The maximum atomic E-state index is 13.1. The Balaban J connectivity index is 2.50. The molecular formula is C13H16F4N2O2S. The van der Waals surface area contributed by atoms with Gasteiger partial charge >= 0.3 is 6.18 Å². The Kier molecular flexibility index (Phi) is 4.78. The van der Waals surface area contributed by atoms with Gasteiger partial charge in [-0.05, 0) is 38.1 Å². The van der Waals surface area contributed by atoms with E-state index in [2.05, 4.69) is 5.32 Å². The zero-order valence-corrected chi connectivity index (χ0v) is 12.6. The van der Waals surface area contributed by atoms with Gasteiger partial charge in [-0.25, -0.2) is 12.8 Å². The highest BCUT2D eigenvalue weighted by molar-refractivity contribution is 7.89. The first-order valence-electron chi connectivity index (χ1n) is 6.71. The molecule has 1 aromatic rings. The number of alkyl halides is 3. The van der Waals surface area contributed by atoms with Crippen LogP contribution in [0, 0.1) is 5.82 Å². The maximum Gasteiger partial charge on any atom is 0.417 e. The quantitative estimate of drug-likeness (QED) is 0.855. The van der Waals surface area contributed by atoms with Gasteiger partial charge in [0, 0.05) is 19.1 Å². The summed E-state index contributed by atoms with van der Waals surface area (Å²) in [7, 11) is -2.69. The number of sulfonamides is 1. The van der Waals surface area contributed by atoms with E-state index in [0.29, 0.717) is 25.5 Å². The Hall–Kier alpha value is -1.19. The third-order valence-electron chi connectivity index (χ3n) is 3.60. The van der Waals surface area contributed by atoms with E-state index in [1.807, 2.05) is 0 Å². The van der Waals surface area contributed by atoms with Crippen molar-refractivity contribution in [2.75, 3.05) is 20.1 Å². The van der Waals surface area contributed by atoms with Crippen LogP contribution in [0.4, 0.5) is 17.6 Å². The SMILES string of the molecule is CNC[C@@H]1CCCN1S(=O)(=O)c1ccc(F)cc1C(F)(F)F. The van der Waals surface area contributed by atoms with Crippen molar-refractivity contribution >= 4 is 10.0 Å². The monoisotopic (exact) mass is 340 g/mol. The molecule has 1 saturated heterocycles. The van der Waals surface area contributed by atoms with Crippen molar-refractivity contribution in [3.8, 4) is 0 Å². The lowest BCUT2D eigenvalue weighted by Gasteiger charge is -2.25. The smallest absolute Gasteiger partial charge is 0.318 e. The summed E-state index contributed by atoms with van der Waals surface area (Å²) >= 11 is 0. The van der Waals surface area contributed by atoms with Crippen molar-refractivity contribution in [2.24, 2.45) is 0 Å². The normalized spacial score (nSPS) is 20.5. The molecule has 4 nitrogen and oxygen atoms in total. The van der Waals surface area contributed by atoms with Crippen LogP contribution in [0.5, 0.6) is 0 Å². The second-order valence-electron chi connectivity index (χ2n) is 5.11. The number of nitrogens with zero attached hydrogens (tertiary/aromatic N) is 1. The molecule has 1 aliphatic heterocycles. The highest BCUT2D eigenvalue weighted by Crippen LogP contribution is 2.37. The molecule has 0 saturated carbocycles. The molecular weight excluding hydrogens is 324 g/mol. The van der Waals surface area contributed by atoms with Crippen molar-refractivity contribution in [2.45, 2.75) is 30.0 Å². The summed E-state index contributed by atoms with van der Waals surface area (Å²) in [5.41, 5.74) is -1.47. The van der Waals surface area contributed by atoms with Gasteiger partial charge in [-0.15, -0.1) is 0 Å². The molecule has 1 atom stereocenters. The molecule has 1 heterocycles. The van der Waals surface area contributed by atoms with Crippen LogP contribution in [0.1, 0.15) is 18.4 Å².